The Morgan fingerprint density at radius 3 is 2.70 bits per heavy atom. The first-order valence-corrected chi connectivity index (χ1v) is 11.9. The normalized spacial score (nSPS) is 22.3. The lowest BCUT2D eigenvalue weighted by Crippen LogP contribution is -2.41. The quantitative estimate of drug-likeness (QED) is 0.470. The van der Waals surface area contributed by atoms with E-state index in [0.29, 0.717) is 5.52 Å². The van der Waals surface area contributed by atoms with E-state index < -0.39 is 17.1 Å². The zero-order valence-corrected chi connectivity index (χ0v) is 20.4. The summed E-state index contributed by atoms with van der Waals surface area (Å²) >= 11 is 3.64. The fourth-order valence-corrected chi connectivity index (χ4v) is 5.62. The van der Waals surface area contributed by atoms with Crippen molar-refractivity contribution in [2.45, 2.75) is 63.6 Å². The molecule has 8 heteroatoms. The number of halogens is 1. The molecule has 1 spiro atoms. The Kier molecular flexibility index (Phi) is 5.23. The van der Waals surface area contributed by atoms with Crippen LogP contribution in [0.3, 0.4) is 0 Å². The maximum atomic E-state index is 12.9. The van der Waals surface area contributed by atoms with Gasteiger partial charge in [-0.1, -0.05) is 22.0 Å². The minimum absolute atomic E-state index is 0.0216. The van der Waals surface area contributed by atoms with E-state index in [1.807, 2.05) is 57.2 Å². The van der Waals surface area contributed by atoms with Crippen molar-refractivity contribution in [3.8, 4) is 5.75 Å². The largest absolute Gasteiger partial charge is 0.490 e. The second kappa shape index (κ2) is 7.87. The lowest BCUT2D eigenvalue weighted by Gasteiger charge is -2.36. The Morgan fingerprint density at radius 1 is 1.21 bits per heavy atom. The summed E-state index contributed by atoms with van der Waals surface area (Å²) in [6, 6.07) is 11.5. The summed E-state index contributed by atoms with van der Waals surface area (Å²) in [6.07, 6.45) is 4.18. The third-order valence-corrected chi connectivity index (χ3v) is 7.03. The number of hydrogen-bond donors (Lipinski definition) is 1. The van der Waals surface area contributed by atoms with Crippen molar-refractivity contribution in [1.29, 1.82) is 0 Å². The molecule has 5 rings (SSSR count). The molecule has 0 radical (unpaired) electrons. The smallest absolute Gasteiger partial charge is 0.435 e. The van der Waals surface area contributed by atoms with Crippen LogP contribution in [0.1, 0.15) is 52.0 Å². The molecule has 1 N–H and O–H groups in total. The summed E-state index contributed by atoms with van der Waals surface area (Å²) in [5.41, 5.74) is 1.56. The second-order valence-electron chi connectivity index (χ2n) is 9.77. The highest BCUT2D eigenvalue weighted by Crippen LogP contribution is 2.50. The average Bonchev–Trinajstić information content (AvgIpc) is 3.28. The van der Waals surface area contributed by atoms with Gasteiger partial charge in [-0.3, -0.25) is 4.79 Å². The summed E-state index contributed by atoms with van der Waals surface area (Å²) in [5, 5.41) is 8.05. The van der Waals surface area contributed by atoms with Gasteiger partial charge in [-0.25, -0.2) is 4.79 Å². The van der Waals surface area contributed by atoms with E-state index in [4.69, 9.17) is 9.47 Å². The summed E-state index contributed by atoms with van der Waals surface area (Å²) in [7, 11) is 0. The number of carbonyl (C=O) groups excluding carboxylic acids is 2. The van der Waals surface area contributed by atoms with Crippen LogP contribution in [-0.4, -0.2) is 33.5 Å². The molecule has 2 aromatic carbocycles. The van der Waals surface area contributed by atoms with Crippen molar-refractivity contribution < 1.29 is 19.1 Å². The Labute approximate surface area is 200 Å². The fraction of sp³-hybridized carbons (Fsp3) is 0.400. The number of nitrogens with one attached hydrogen (secondary N) is 1. The van der Waals surface area contributed by atoms with Gasteiger partial charge in [0, 0.05) is 21.1 Å². The molecule has 1 aromatic heterocycles. The van der Waals surface area contributed by atoms with E-state index in [-0.39, 0.29) is 12.0 Å². The van der Waals surface area contributed by atoms with Crippen LogP contribution < -0.4 is 10.1 Å². The van der Waals surface area contributed by atoms with Crippen LogP contribution in [0, 0.1) is 0 Å². The highest BCUT2D eigenvalue weighted by Gasteiger charge is 2.50. The van der Waals surface area contributed by atoms with Crippen LogP contribution in [0.4, 0.5) is 10.5 Å². The standard InChI is InChI=1S/C25H26BrN3O4/c1-24(2,3)33-23(31)29-20-8-7-17(13-15(20)14-27-29)32-16-9-11-25(12-10-16)21-18(26)5-4-6-19(21)28-22(25)30/h4-8,13-14,16H,9-12H2,1-3H3,(H,28,30). The Morgan fingerprint density at radius 2 is 1.97 bits per heavy atom. The van der Waals surface area contributed by atoms with Gasteiger partial charge in [-0.05, 0) is 76.8 Å². The van der Waals surface area contributed by atoms with Crippen LogP contribution in [0.5, 0.6) is 5.75 Å². The average molecular weight is 512 g/mol. The summed E-state index contributed by atoms with van der Waals surface area (Å²) < 4.78 is 13.9. The molecule has 2 aliphatic rings. The second-order valence-corrected chi connectivity index (χ2v) is 10.6. The zero-order valence-electron chi connectivity index (χ0n) is 18.9. The van der Waals surface area contributed by atoms with Gasteiger partial charge in [0.1, 0.15) is 11.4 Å². The molecule has 0 atom stereocenters. The van der Waals surface area contributed by atoms with Crippen molar-refractivity contribution in [2.24, 2.45) is 0 Å². The summed E-state index contributed by atoms with van der Waals surface area (Å²) in [4.78, 5) is 25.3. The Bertz CT molecular complexity index is 1250. The van der Waals surface area contributed by atoms with Crippen LogP contribution in [0.25, 0.3) is 10.9 Å². The summed E-state index contributed by atoms with van der Waals surface area (Å²) in [5.74, 6) is 0.809. The molecule has 172 valence electrons. The highest BCUT2D eigenvalue weighted by molar-refractivity contribution is 9.10. The third-order valence-electron chi connectivity index (χ3n) is 6.37. The van der Waals surface area contributed by atoms with E-state index in [9.17, 15) is 9.59 Å². The molecule has 3 aromatic rings. The molecule has 1 aliphatic carbocycles. The minimum Gasteiger partial charge on any atom is -0.490 e. The molecular formula is C25H26BrN3O4. The van der Waals surface area contributed by atoms with Gasteiger partial charge in [-0.2, -0.15) is 9.78 Å². The van der Waals surface area contributed by atoms with E-state index >= 15 is 0 Å². The number of hydrogen-bond acceptors (Lipinski definition) is 5. The van der Waals surface area contributed by atoms with Crippen LogP contribution >= 0.6 is 15.9 Å². The monoisotopic (exact) mass is 511 g/mol. The lowest BCUT2D eigenvalue weighted by molar-refractivity contribution is -0.122. The van der Waals surface area contributed by atoms with E-state index in [1.165, 1.54) is 4.68 Å². The molecule has 2 heterocycles. The number of benzene rings is 2. The van der Waals surface area contributed by atoms with Crippen molar-refractivity contribution in [3.05, 3.63) is 52.6 Å². The first-order valence-electron chi connectivity index (χ1n) is 11.1. The molecule has 1 aliphatic heterocycles. The predicted molar refractivity (Wildman–Crippen MR) is 129 cm³/mol. The van der Waals surface area contributed by atoms with E-state index in [1.54, 1.807) is 6.20 Å². The topological polar surface area (TPSA) is 82.5 Å². The molecule has 0 bridgehead atoms. The van der Waals surface area contributed by atoms with Crippen molar-refractivity contribution >= 4 is 44.5 Å². The molecule has 0 unspecified atom stereocenters. The van der Waals surface area contributed by atoms with Crippen molar-refractivity contribution in [1.82, 2.24) is 9.78 Å². The zero-order chi connectivity index (χ0) is 23.4. The van der Waals surface area contributed by atoms with Crippen LogP contribution in [-0.2, 0) is 14.9 Å². The first-order chi connectivity index (χ1) is 15.7. The maximum Gasteiger partial charge on any atom is 0.435 e. The molecule has 7 nitrogen and oxygen atoms in total. The molecule has 1 amide bonds. The van der Waals surface area contributed by atoms with Gasteiger partial charge < -0.3 is 14.8 Å². The molecular weight excluding hydrogens is 486 g/mol. The lowest BCUT2D eigenvalue weighted by atomic mass is 9.69. The molecule has 0 saturated heterocycles. The minimum atomic E-state index is -0.594. The number of aromatic nitrogens is 2. The van der Waals surface area contributed by atoms with Gasteiger partial charge in [0.15, 0.2) is 0 Å². The molecule has 1 fully saturated rings. The van der Waals surface area contributed by atoms with Crippen molar-refractivity contribution in [3.63, 3.8) is 0 Å². The SMILES string of the molecule is CC(C)(C)OC(=O)n1ncc2cc(OC3CCC4(CC3)C(=O)Nc3cccc(Br)c34)ccc21. The van der Waals surface area contributed by atoms with Crippen LogP contribution in [0.2, 0.25) is 0 Å². The Hall–Kier alpha value is -2.87. The van der Waals surface area contributed by atoms with Gasteiger partial charge in [0.05, 0.1) is 23.2 Å². The number of amides is 1. The van der Waals surface area contributed by atoms with Crippen molar-refractivity contribution in [2.75, 3.05) is 5.32 Å². The molecule has 1 saturated carbocycles. The van der Waals surface area contributed by atoms with Gasteiger partial charge in [-0.15, -0.1) is 0 Å². The van der Waals surface area contributed by atoms with E-state index in [0.717, 1.165) is 52.5 Å². The predicted octanol–water partition coefficient (Wildman–Crippen LogP) is 5.79. The highest BCUT2D eigenvalue weighted by atomic mass is 79.9. The number of ether oxygens (including phenoxy) is 2. The summed E-state index contributed by atoms with van der Waals surface area (Å²) in [6.45, 7) is 5.47. The Balaban J connectivity index is 1.30. The number of nitrogens with zero attached hydrogens (tertiary/aromatic N) is 2. The van der Waals surface area contributed by atoms with Gasteiger partial charge in [0.2, 0.25) is 5.91 Å². The fourth-order valence-electron chi connectivity index (χ4n) is 4.88. The number of anilines is 1. The van der Waals surface area contributed by atoms with Gasteiger partial charge >= 0.3 is 6.09 Å². The number of rotatable bonds is 2. The molecule has 33 heavy (non-hydrogen) atoms. The van der Waals surface area contributed by atoms with Crippen LogP contribution in [0.15, 0.2) is 47.1 Å². The third kappa shape index (κ3) is 3.90. The first kappa shape index (κ1) is 21.9. The number of carbonyl (C=O) groups is 2. The number of fused-ring (bicyclic) bond motifs is 3. The van der Waals surface area contributed by atoms with Gasteiger partial charge in [0.25, 0.3) is 0 Å². The van der Waals surface area contributed by atoms with E-state index in [2.05, 4.69) is 26.3 Å². The maximum absolute atomic E-state index is 12.9.